The van der Waals surface area contributed by atoms with Gasteiger partial charge in [0.1, 0.15) is 24.7 Å². The first-order valence-electron chi connectivity index (χ1n) is 11.9. The number of halogens is 5. The number of hydrogen-bond acceptors (Lipinski definition) is 9. The maximum Gasteiger partial charge on any atom is 0.354 e. The number of benzene rings is 3. The molecule has 0 saturated carbocycles. The highest BCUT2D eigenvalue weighted by atomic mass is 32.2. The summed E-state index contributed by atoms with van der Waals surface area (Å²) in [5.74, 6) is -14.8. The van der Waals surface area contributed by atoms with Gasteiger partial charge in [0.25, 0.3) is 0 Å². The van der Waals surface area contributed by atoms with Crippen LogP contribution in [0.3, 0.4) is 0 Å². The molecule has 0 saturated heterocycles. The van der Waals surface area contributed by atoms with Gasteiger partial charge in [-0.05, 0) is 41.6 Å². The summed E-state index contributed by atoms with van der Waals surface area (Å²) in [5, 5.41) is 0.0808. The lowest BCUT2D eigenvalue weighted by Crippen LogP contribution is -2.18. The highest BCUT2D eigenvalue weighted by Gasteiger charge is 2.32. The SMILES string of the molecule is COc1ccc(COc2nc(SC)nc(OCc3ccc(OC)cc3)c2C(=O)Oc2c(F)c(F)c(F)c(F)c2F)cc1. The van der Waals surface area contributed by atoms with Gasteiger partial charge in [-0.2, -0.15) is 18.7 Å². The van der Waals surface area contributed by atoms with E-state index in [4.69, 9.17) is 18.9 Å². The smallest absolute Gasteiger partial charge is 0.354 e. The Morgan fingerprint density at radius 1 is 0.690 bits per heavy atom. The van der Waals surface area contributed by atoms with Crippen LogP contribution in [0.15, 0.2) is 53.7 Å². The van der Waals surface area contributed by atoms with Crippen molar-refractivity contribution in [1.82, 2.24) is 9.97 Å². The van der Waals surface area contributed by atoms with Crippen LogP contribution in [0.2, 0.25) is 0 Å². The highest BCUT2D eigenvalue weighted by Crippen LogP contribution is 2.34. The summed E-state index contributed by atoms with van der Waals surface area (Å²) in [6.45, 7) is -0.314. The molecule has 1 heterocycles. The fourth-order valence-corrected chi connectivity index (χ4v) is 3.79. The Hall–Kier alpha value is -4.59. The maximum absolute atomic E-state index is 14.3. The van der Waals surface area contributed by atoms with Gasteiger partial charge >= 0.3 is 5.97 Å². The van der Waals surface area contributed by atoms with Crippen molar-refractivity contribution in [3.63, 3.8) is 0 Å². The predicted octanol–water partition coefficient (Wildman–Crippen LogP) is 6.29. The van der Waals surface area contributed by atoms with Gasteiger partial charge < -0.3 is 23.7 Å². The van der Waals surface area contributed by atoms with Crippen molar-refractivity contribution < 1.29 is 50.4 Å². The average Bonchev–Trinajstić information content (AvgIpc) is 3.02. The van der Waals surface area contributed by atoms with E-state index in [-0.39, 0.29) is 18.4 Å². The number of thioether (sulfide) groups is 1. The van der Waals surface area contributed by atoms with Crippen LogP contribution >= 0.6 is 11.8 Å². The van der Waals surface area contributed by atoms with Crippen LogP contribution < -0.4 is 23.7 Å². The number of esters is 1. The van der Waals surface area contributed by atoms with Crippen molar-refractivity contribution >= 4 is 17.7 Å². The third-order valence-corrected chi connectivity index (χ3v) is 6.19. The van der Waals surface area contributed by atoms with Crippen LogP contribution in [-0.2, 0) is 13.2 Å². The fourth-order valence-electron chi connectivity index (χ4n) is 3.44. The molecule has 0 amide bonds. The van der Waals surface area contributed by atoms with Gasteiger partial charge in [0.05, 0.1) is 14.2 Å². The highest BCUT2D eigenvalue weighted by molar-refractivity contribution is 7.98. The molecule has 0 N–H and O–H groups in total. The first-order chi connectivity index (χ1) is 20.2. The Morgan fingerprint density at radius 2 is 1.10 bits per heavy atom. The van der Waals surface area contributed by atoms with Crippen molar-refractivity contribution in [1.29, 1.82) is 0 Å². The zero-order chi connectivity index (χ0) is 30.4. The molecule has 0 aliphatic heterocycles. The molecule has 0 radical (unpaired) electrons. The number of rotatable bonds is 11. The Morgan fingerprint density at radius 3 is 1.48 bits per heavy atom. The summed E-state index contributed by atoms with van der Waals surface area (Å²) in [6, 6.07) is 13.3. The summed E-state index contributed by atoms with van der Waals surface area (Å²) < 4.78 is 96.2. The molecule has 14 heteroatoms. The molecule has 42 heavy (non-hydrogen) atoms. The number of hydrogen-bond donors (Lipinski definition) is 0. The molecule has 3 aromatic carbocycles. The average molecular weight is 609 g/mol. The van der Waals surface area contributed by atoms with E-state index in [9.17, 15) is 26.7 Å². The Kier molecular flexibility index (Phi) is 9.68. The summed E-state index contributed by atoms with van der Waals surface area (Å²) in [5.41, 5.74) is 0.568. The molecule has 0 unspecified atom stereocenters. The molecule has 0 aliphatic rings. The molecular weight excluding hydrogens is 587 g/mol. The molecule has 8 nitrogen and oxygen atoms in total. The van der Waals surface area contributed by atoms with Crippen molar-refractivity contribution in [2.75, 3.05) is 20.5 Å². The van der Waals surface area contributed by atoms with E-state index in [0.29, 0.717) is 22.6 Å². The molecule has 0 aliphatic carbocycles. The topological polar surface area (TPSA) is 89.0 Å². The van der Waals surface area contributed by atoms with E-state index in [1.165, 1.54) is 14.2 Å². The van der Waals surface area contributed by atoms with Crippen molar-refractivity contribution in [2.24, 2.45) is 0 Å². The minimum absolute atomic E-state index is 0.0808. The first-order valence-corrected chi connectivity index (χ1v) is 13.1. The Labute approximate surface area is 240 Å². The zero-order valence-electron chi connectivity index (χ0n) is 22.2. The van der Waals surface area contributed by atoms with Crippen LogP contribution in [0.4, 0.5) is 22.0 Å². The molecule has 220 valence electrons. The van der Waals surface area contributed by atoms with Crippen LogP contribution in [-0.4, -0.2) is 36.4 Å². The first kappa shape index (κ1) is 30.4. The molecule has 0 atom stereocenters. The molecule has 4 aromatic rings. The van der Waals surface area contributed by atoms with Gasteiger partial charge in [0.2, 0.25) is 46.6 Å². The quantitative estimate of drug-likeness (QED) is 0.0371. The summed E-state index contributed by atoms with van der Waals surface area (Å²) >= 11 is 1.06. The third-order valence-electron chi connectivity index (χ3n) is 5.64. The molecule has 0 bridgehead atoms. The Balaban J connectivity index is 1.74. The minimum atomic E-state index is -2.41. The van der Waals surface area contributed by atoms with Gasteiger partial charge in [0.15, 0.2) is 10.7 Å². The van der Waals surface area contributed by atoms with Crippen molar-refractivity contribution in [3.05, 3.63) is 94.3 Å². The van der Waals surface area contributed by atoms with Gasteiger partial charge in [-0.15, -0.1) is 0 Å². The van der Waals surface area contributed by atoms with Crippen LogP contribution in [0, 0.1) is 29.1 Å². The predicted molar refractivity (Wildman–Crippen MR) is 140 cm³/mol. The van der Waals surface area contributed by atoms with E-state index >= 15 is 0 Å². The van der Waals surface area contributed by atoms with E-state index < -0.39 is 58.1 Å². The van der Waals surface area contributed by atoms with E-state index in [2.05, 4.69) is 14.7 Å². The lowest BCUT2D eigenvalue weighted by molar-refractivity contribution is 0.0702. The van der Waals surface area contributed by atoms with Crippen LogP contribution in [0.25, 0.3) is 0 Å². The van der Waals surface area contributed by atoms with Crippen molar-refractivity contribution in [2.45, 2.75) is 18.4 Å². The number of ether oxygens (including phenoxy) is 5. The molecule has 0 spiro atoms. The standard InChI is InChI=1S/C28H21F5N2O6S/c1-37-16-8-4-14(5-9-16)12-39-25-18(27(36)41-24-22(32)20(30)19(29)21(31)23(24)33)26(35-28(34-25)42-3)40-13-15-6-10-17(38-2)11-7-15/h4-11H,12-13H2,1-3H3. The zero-order valence-corrected chi connectivity index (χ0v) is 23.0. The van der Waals surface area contributed by atoms with E-state index in [1.807, 2.05) is 0 Å². The summed E-state index contributed by atoms with van der Waals surface area (Å²) in [6.07, 6.45) is 1.63. The van der Waals surface area contributed by atoms with Gasteiger partial charge in [-0.3, -0.25) is 0 Å². The van der Waals surface area contributed by atoms with Crippen LogP contribution in [0.5, 0.6) is 29.0 Å². The Bertz CT molecular complexity index is 1490. The fraction of sp³-hybridized carbons (Fsp3) is 0.179. The van der Waals surface area contributed by atoms with Crippen LogP contribution in [0.1, 0.15) is 21.5 Å². The molecular formula is C28H21F5N2O6S. The normalized spacial score (nSPS) is 10.8. The molecule has 4 rings (SSSR count). The number of methoxy groups -OCH3 is 2. The number of carbonyl (C=O) groups excluding carboxylic acids is 1. The lowest BCUT2D eigenvalue weighted by Gasteiger charge is -2.16. The summed E-state index contributed by atoms with van der Waals surface area (Å²) in [4.78, 5) is 21.6. The van der Waals surface area contributed by atoms with E-state index in [0.717, 1.165) is 11.8 Å². The minimum Gasteiger partial charge on any atom is -0.497 e. The second-order valence-electron chi connectivity index (χ2n) is 8.26. The second kappa shape index (κ2) is 13.4. The van der Waals surface area contributed by atoms with Gasteiger partial charge in [-0.1, -0.05) is 36.0 Å². The summed E-state index contributed by atoms with van der Waals surface area (Å²) in [7, 11) is 2.98. The number of aromatic nitrogens is 2. The number of nitrogens with zero attached hydrogens (tertiary/aromatic N) is 2. The largest absolute Gasteiger partial charge is 0.497 e. The lowest BCUT2D eigenvalue weighted by atomic mass is 10.2. The van der Waals surface area contributed by atoms with E-state index in [1.54, 1.807) is 54.8 Å². The maximum atomic E-state index is 14.3. The molecule has 1 aromatic heterocycles. The van der Waals surface area contributed by atoms with Gasteiger partial charge in [-0.25, -0.2) is 18.0 Å². The second-order valence-corrected chi connectivity index (χ2v) is 9.03. The third kappa shape index (κ3) is 6.65. The van der Waals surface area contributed by atoms with Gasteiger partial charge in [0, 0.05) is 0 Å². The number of carbonyl (C=O) groups is 1. The monoisotopic (exact) mass is 608 g/mol. The van der Waals surface area contributed by atoms with Crippen molar-refractivity contribution in [3.8, 4) is 29.0 Å². The molecule has 0 fully saturated rings.